The molecule has 2 heterocycles. The number of methoxy groups -OCH3 is 1. The summed E-state index contributed by atoms with van der Waals surface area (Å²) in [6.07, 6.45) is 1.46. The third-order valence-corrected chi connectivity index (χ3v) is 5.24. The second-order valence-corrected chi connectivity index (χ2v) is 6.43. The lowest BCUT2D eigenvalue weighted by Crippen LogP contribution is -2.40. The van der Waals surface area contributed by atoms with Gasteiger partial charge in [-0.1, -0.05) is 23.2 Å². The van der Waals surface area contributed by atoms with Gasteiger partial charge in [0.05, 0.1) is 23.7 Å². The van der Waals surface area contributed by atoms with Gasteiger partial charge in [-0.2, -0.15) is 0 Å². The van der Waals surface area contributed by atoms with Gasteiger partial charge in [0.15, 0.2) is 0 Å². The van der Waals surface area contributed by atoms with Gasteiger partial charge in [-0.25, -0.2) is 0 Å². The number of amides is 2. The fourth-order valence-electron chi connectivity index (χ4n) is 3.36. The minimum Gasteiger partial charge on any atom is -0.495 e. The van der Waals surface area contributed by atoms with Gasteiger partial charge in [-0.3, -0.25) is 14.6 Å². The lowest BCUT2D eigenvalue weighted by atomic mass is 9.99. The number of primary amides is 1. The topological polar surface area (TPSA) is 106 Å². The van der Waals surface area contributed by atoms with Crippen molar-refractivity contribution in [3.05, 3.63) is 33.4 Å². The Labute approximate surface area is 153 Å². The Morgan fingerprint density at radius 1 is 1.40 bits per heavy atom. The van der Waals surface area contributed by atoms with Crippen LogP contribution in [0.1, 0.15) is 30.1 Å². The summed E-state index contributed by atoms with van der Waals surface area (Å²) in [4.78, 5) is 29.7. The molecule has 3 rings (SSSR count). The molecule has 132 valence electrons. The summed E-state index contributed by atoms with van der Waals surface area (Å²) in [5, 5.41) is 10.3. The Bertz CT molecular complexity index is 903. The van der Waals surface area contributed by atoms with Gasteiger partial charge >= 0.3 is 0 Å². The fraction of sp³-hybridized carbons (Fsp3) is 0.312. The number of benzene rings is 1. The average molecular weight is 384 g/mol. The molecule has 0 radical (unpaired) electrons. The maximum atomic E-state index is 12.2. The van der Waals surface area contributed by atoms with E-state index in [1.807, 2.05) is 0 Å². The van der Waals surface area contributed by atoms with E-state index in [0.717, 1.165) is 0 Å². The lowest BCUT2D eigenvalue weighted by molar-refractivity contribution is -0.143. The second-order valence-electron chi connectivity index (χ2n) is 5.67. The van der Waals surface area contributed by atoms with Crippen molar-refractivity contribution in [2.24, 2.45) is 5.73 Å². The van der Waals surface area contributed by atoms with Crippen molar-refractivity contribution in [3.8, 4) is 5.75 Å². The molecule has 1 aromatic carbocycles. The molecule has 0 saturated carbocycles. The SMILES string of the molecule is COc1cc2c3c(cnc2c(Cl)c1Cl)[C@@H](C(N)=O)N(C(=O)CO)[C@H]3C. The maximum Gasteiger partial charge on any atom is 0.249 e. The molecule has 0 aliphatic carbocycles. The van der Waals surface area contributed by atoms with E-state index in [9.17, 15) is 14.7 Å². The van der Waals surface area contributed by atoms with E-state index in [1.165, 1.54) is 18.2 Å². The van der Waals surface area contributed by atoms with Crippen molar-refractivity contribution >= 4 is 45.9 Å². The van der Waals surface area contributed by atoms with Crippen LogP contribution in [0.2, 0.25) is 10.0 Å². The Hall–Kier alpha value is -2.09. The molecule has 9 heteroatoms. The molecule has 2 amide bonds. The minimum atomic E-state index is -1.01. The number of fused-ring (bicyclic) bond motifs is 3. The molecule has 7 nitrogen and oxygen atoms in total. The number of aliphatic hydroxyl groups excluding tert-OH is 1. The van der Waals surface area contributed by atoms with Gasteiger partial charge in [-0.05, 0) is 18.6 Å². The molecule has 0 fully saturated rings. The van der Waals surface area contributed by atoms with E-state index in [0.29, 0.717) is 27.8 Å². The first-order valence-corrected chi connectivity index (χ1v) is 8.14. The summed E-state index contributed by atoms with van der Waals surface area (Å²) in [7, 11) is 1.46. The smallest absolute Gasteiger partial charge is 0.249 e. The summed E-state index contributed by atoms with van der Waals surface area (Å²) < 4.78 is 5.24. The minimum absolute atomic E-state index is 0.216. The molecule has 0 bridgehead atoms. The van der Waals surface area contributed by atoms with Gasteiger partial charge in [0.25, 0.3) is 0 Å². The van der Waals surface area contributed by atoms with E-state index in [2.05, 4.69) is 4.98 Å². The molecule has 2 atom stereocenters. The number of halogens is 2. The average Bonchev–Trinajstić information content (AvgIpc) is 2.90. The zero-order valence-electron chi connectivity index (χ0n) is 13.4. The van der Waals surface area contributed by atoms with Crippen LogP contribution in [0.25, 0.3) is 10.9 Å². The van der Waals surface area contributed by atoms with Crippen molar-refractivity contribution in [2.45, 2.75) is 19.0 Å². The lowest BCUT2D eigenvalue weighted by Gasteiger charge is -2.26. The Morgan fingerprint density at radius 3 is 2.64 bits per heavy atom. The van der Waals surface area contributed by atoms with Crippen molar-refractivity contribution in [1.29, 1.82) is 0 Å². The normalized spacial score (nSPS) is 19.2. The number of pyridine rings is 1. The number of ether oxygens (including phenoxy) is 1. The van der Waals surface area contributed by atoms with Gasteiger partial charge in [0, 0.05) is 17.1 Å². The summed E-state index contributed by atoms with van der Waals surface area (Å²) in [5.74, 6) is -0.961. The van der Waals surface area contributed by atoms with Crippen molar-refractivity contribution in [1.82, 2.24) is 9.88 Å². The van der Waals surface area contributed by atoms with Crippen LogP contribution < -0.4 is 10.5 Å². The first-order chi connectivity index (χ1) is 11.8. The van der Waals surface area contributed by atoms with Crippen LogP contribution in [0.15, 0.2) is 12.3 Å². The standard InChI is InChI=1S/C16H15Cl2N3O4/c1-6-11-7-3-9(25-2)12(17)13(18)14(7)20-4-8(11)15(16(19)24)21(6)10(23)5-22/h3-4,6,15,22H,5H2,1-2H3,(H2,19,24)/t6-,15-/m0/s1. The van der Waals surface area contributed by atoms with Crippen LogP contribution in [0.4, 0.5) is 0 Å². The van der Waals surface area contributed by atoms with Crippen LogP contribution in [-0.4, -0.2) is 40.5 Å². The van der Waals surface area contributed by atoms with Crippen molar-refractivity contribution in [3.63, 3.8) is 0 Å². The number of nitrogens with two attached hydrogens (primary N) is 1. The van der Waals surface area contributed by atoms with E-state index < -0.39 is 30.5 Å². The third-order valence-electron chi connectivity index (χ3n) is 4.40. The number of hydrogen-bond acceptors (Lipinski definition) is 5. The Morgan fingerprint density at radius 2 is 2.08 bits per heavy atom. The number of rotatable bonds is 3. The maximum absolute atomic E-state index is 12.2. The van der Waals surface area contributed by atoms with Gasteiger partial charge in [-0.15, -0.1) is 0 Å². The molecule has 3 N–H and O–H groups in total. The van der Waals surface area contributed by atoms with E-state index in [1.54, 1.807) is 13.0 Å². The number of carbonyl (C=O) groups is 2. The molecular weight excluding hydrogens is 369 g/mol. The second kappa shape index (κ2) is 6.33. The number of nitrogens with zero attached hydrogens (tertiary/aromatic N) is 2. The zero-order valence-corrected chi connectivity index (χ0v) is 14.9. The van der Waals surface area contributed by atoms with Crippen LogP contribution in [-0.2, 0) is 9.59 Å². The predicted molar refractivity (Wildman–Crippen MR) is 92.6 cm³/mol. The highest BCUT2D eigenvalue weighted by atomic mass is 35.5. The largest absolute Gasteiger partial charge is 0.495 e. The molecule has 0 saturated heterocycles. The highest BCUT2D eigenvalue weighted by Gasteiger charge is 2.43. The molecule has 0 spiro atoms. The molecule has 2 aromatic rings. The van der Waals surface area contributed by atoms with Gasteiger partial charge in [0.2, 0.25) is 11.8 Å². The van der Waals surface area contributed by atoms with Gasteiger partial charge < -0.3 is 20.5 Å². The first kappa shape index (κ1) is 17.7. The zero-order chi connectivity index (χ0) is 18.5. The fourth-order valence-corrected chi connectivity index (χ4v) is 3.83. The molecule has 1 aromatic heterocycles. The van der Waals surface area contributed by atoms with Crippen molar-refractivity contribution < 1.29 is 19.4 Å². The van der Waals surface area contributed by atoms with Crippen LogP contribution in [0.5, 0.6) is 5.75 Å². The molecule has 25 heavy (non-hydrogen) atoms. The third kappa shape index (κ3) is 2.50. The first-order valence-electron chi connectivity index (χ1n) is 7.39. The number of aliphatic hydroxyl groups is 1. The summed E-state index contributed by atoms with van der Waals surface area (Å²) >= 11 is 12.5. The monoisotopic (exact) mass is 383 g/mol. The van der Waals surface area contributed by atoms with Crippen LogP contribution in [0.3, 0.4) is 0 Å². The highest BCUT2D eigenvalue weighted by molar-refractivity contribution is 6.46. The number of hydrogen-bond donors (Lipinski definition) is 2. The number of carbonyl (C=O) groups excluding carboxylic acids is 2. The summed E-state index contributed by atoms with van der Waals surface area (Å²) in [6, 6.07) is 0.137. The summed E-state index contributed by atoms with van der Waals surface area (Å²) in [6.45, 7) is 1.01. The van der Waals surface area contributed by atoms with Crippen LogP contribution >= 0.6 is 23.2 Å². The quantitative estimate of drug-likeness (QED) is 0.842. The Kier molecular flexibility index (Phi) is 4.49. The summed E-state index contributed by atoms with van der Waals surface area (Å²) in [5.41, 5.74) is 7.10. The molecule has 1 aliphatic heterocycles. The van der Waals surface area contributed by atoms with E-state index in [-0.39, 0.29) is 10.0 Å². The molecule has 0 unspecified atom stereocenters. The van der Waals surface area contributed by atoms with E-state index >= 15 is 0 Å². The van der Waals surface area contributed by atoms with Crippen LogP contribution in [0, 0.1) is 0 Å². The Balaban J connectivity index is 2.35. The molecule has 1 aliphatic rings. The highest BCUT2D eigenvalue weighted by Crippen LogP contribution is 2.47. The van der Waals surface area contributed by atoms with E-state index in [4.69, 9.17) is 33.7 Å². The molecular formula is C16H15Cl2N3O4. The predicted octanol–water partition coefficient (Wildman–Crippen LogP) is 1.97. The van der Waals surface area contributed by atoms with Gasteiger partial charge in [0.1, 0.15) is 23.4 Å². The number of aromatic nitrogens is 1. The van der Waals surface area contributed by atoms with Crippen molar-refractivity contribution in [2.75, 3.05) is 13.7 Å².